The molecule has 12 heteroatoms. The first-order chi connectivity index (χ1) is 23.4. The molecule has 264 valence electrons. The van der Waals surface area contributed by atoms with Crippen LogP contribution >= 0.6 is 0 Å². The van der Waals surface area contributed by atoms with Crippen molar-refractivity contribution in [1.29, 1.82) is 0 Å². The van der Waals surface area contributed by atoms with Crippen molar-refractivity contribution in [3.05, 3.63) is 89.0 Å². The standard InChI is InChI=1S/C37H47F2N5O5/c1-5-10-44(11-6-2)34(46)26-17-25(33-41-9-12-48-33)20-36(21-26,35(40)47)30(16-24-14-27(38)18-28(39)15-24)31(45)22-42-37(7-8-37)32-19-29(43-49-32)13-23(3)4/h9,12,14-15,17-20,23,30-31,42,45H,5-8,10-11,13,16,21-22H2,1-4H3,(H2,40,47)/t30-,31+,36?/m1/s1. The maximum atomic E-state index is 14.5. The number of carbonyl (C=O) groups excluding carboxylic acids is 2. The number of hydrogen-bond acceptors (Lipinski definition) is 8. The fraction of sp³-hybridized carbons (Fsp3) is 0.514. The van der Waals surface area contributed by atoms with Gasteiger partial charge in [0.1, 0.15) is 17.9 Å². The summed E-state index contributed by atoms with van der Waals surface area (Å²) >= 11 is 0. The Hall–Kier alpha value is -4.16. The van der Waals surface area contributed by atoms with Crippen LogP contribution in [0.1, 0.15) is 82.7 Å². The first-order valence-corrected chi connectivity index (χ1v) is 17.2. The van der Waals surface area contributed by atoms with E-state index in [-0.39, 0.29) is 36.7 Å². The van der Waals surface area contributed by atoms with Crippen LogP contribution in [0.15, 0.2) is 63.4 Å². The van der Waals surface area contributed by atoms with Gasteiger partial charge < -0.3 is 30.0 Å². The van der Waals surface area contributed by atoms with Crippen LogP contribution in [0.4, 0.5) is 8.78 Å². The molecule has 10 nitrogen and oxygen atoms in total. The molecule has 0 spiro atoms. The number of aliphatic hydroxyl groups is 1. The summed E-state index contributed by atoms with van der Waals surface area (Å²) in [4.78, 5) is 33.9. The molecule has 4 N–H and O–H groups in total. The third-order valence-electron chi connectivity index (χ3n) is 9.46. The number of nitrogens with one attached hydrogen (secondary N) is 1. The lowest BCUT2D eigenvalue weighted by Crippen LogP contribution is -2.52. The molecule has 1 aromatic carbocycles. The van der Waals surface area contributed by atoms with Crippen molar-refractivity contribution in [1.82, 2.24) is 20.4 Å². The van der Waals surface area contributed by atoms with Gasteiger partial charge in [-0.3, -0.25) is 9.59 Å². The summed E-state index contributed by atoms with van der Waals surface area (Å²) in [6.45, 7) is 9.16. The predicted molar refractivity (Wildman–Crippen MR) is 179 cm³/mol. The molecule has 0 radical (unpaired) electrons. The highest BCUT2D eigenvalue weighted by molar-refractivity contribution is 6.00. The highest BCUT2D eigenvalue weighted by atomic mass is 19.1. The zero-order valence-corrected chi connectivity index (χ0v) is 28.7. The molecule has 2 aromatic heterocycles. The van der Waals surface area contributed by atoms with E-state index in [2.05, 4.69) is 29.3 Å². The number of aromatic nitrogens is 2. The third-order valence-corrected chi connectivity index (χ3v) is 9.46. The average molecular weight is 680 g/mol. The van der Waals surface area contributed by atoms with Crippen LogP contribution < -0.4 is 11.1 Å². The number of carbonyl (C=O) groups is 2. The molecule has 2 aliphatic rings. The van der Waals surface area contributed by atoms with Gasteiger partial charge in [0.2, 0.25) is 17.7 Å². The van der Waals surface area contributed by atoms with Crippen LogP contribution in [0.2, 0.25) is 0 Å². The first-order valence-electron chi connectivity index (χ1n) is 17.2. The monoisotopic (exact) mass is 679 g/mol. The lowest BCUT2D eigenvalue weighted by molar-refractivity contribution is -0.132. The van der Waals surface area contributed by atoms with Crippen LogP contribution in [0, 0.1) is 28.9 Å². The van der Waals surface area contributed by atoms with Gasteiger partial charge in [0.05, 0.1) is 28.9 Å². The fourth-order valence-electron chi connectivity index (χ4n) is 6.96. The van der Waals surface area contributed by atoms with Crippen molar-refractivity contribution in [3.63, 3.8) is 0 Å². The number of allylic oxidation sites excluding steroid dienone is 2. The minimum Gasteiger partial charge on any atom is -0.445 e. The van der Waals surface area contributed by atoms with E-state index in [9.17, 15) is 23.5 Å². The second kappa shape index (κ2) is 15.2. The molecule has 0 bridgehead atoms. The Morgan fingerprint density at radius 1 is 1.08 bits per heavy atom. The Bertz CT molecular complexity index is 1650. The summed E-state index contributed by atoms with van der Waals surface area (Å²) in [6.07, 6.45) is 8.24. The number of primary amides is 1. The molecule has 1 unspecified atom stereocenters. The van der Waals surface area contributed by atoms with Crippen LogP contribution in [-0.2, 0) is 28.0 Å². The number of oxazole rings is 1. The Kier molecular flexibility index (Phi) is 11.2. The van der Waals surface area contributed by atoms with Gasteiger partial charge in [-0.15, -0.1) is 0 Å². The lowest BCUT2D eigenvalue weighted by Gasteiger charge is -2.42. The fourth-order valence-corrected chi connectivity index (χ4v) is 6.96. The van der Waals surface area contributed by atoms with E-state index < -0.39 is 40.5 Å². The molecule has 2 heterocycles. The molecule has 2 aliphatic carbocycles. The van der Waals surface area contributed by atoms with E-state index >= 15 is 0 Å². The summed E-state index contributed by atoms with van der Waals surface area (Å²) in [7, 11) is 0. The van der Waals surface area contributed by atoms with Crippen LogP contribution in [0.5, 0.6) is 0 Å². The van der Waals surface area contributed by atoms with Crippen LogP contribution in [-0.4, -0.2) is 57.7 Å². The van der Waals surface area contributed by atoms with Gasteiger partial charge in [-0.2, -0.15) is 0 Å². The van der Waals surface area contributed by atoms with Gasteiger partial charge in [0, 0.05) is 48.8 Å². The maximum absolute atomic E-state index is 14.5. The molecular formula is C37H47F2N5O5. The lowest BCUT2D eigenvalue weighted by atomic mass is 9.63. The quantitative estimate of drug-likeness (QED) is 0.170. The molecule has 0 saturated heterocycles. The topological polar surface area (TPSA) is 148 Å². The van der Waals surface area contributed by atoms with Gasteiger partial charge in [0.15, 0.2) is 5.76 Å². The second-order valence-electron chi connectivity index (χ2n) is 13.9. The highest BCUT2D eigenvalue weighted by Gasteiger charge is 2.52. The Labute approximate surface area is 285 Å². The minimum absolute atomic E-state index is 0.00925. The molecule has 5 rings (SSSR count). The summed E-state index contributed by atoms with van der Waals surface area (Å²) in [5, 5.41) is 19.7. The molecule has 49 heavy (non-hydrogen) atoms. The van der Waals surface area contributed by atoms with E-state index in [0.717, 1.165) is 43.9 Å². The molecule has 3 aromatic rings. The largest absolute Gasteiger partial charge is 0.445 e. The molecule has 2 amide bonds. The van der Waals surface area contributed by atoms with E-state index in [1.807, 2.05) is 19.9 Å². The number of halogens is 2. The SMILES string of the molecule is CCCN(CCC)C(=O)C1=CC(c2ncco2)=CC(C(N)=O)([C@H](Cc2cc(F)cc(F)c2)[C@@H](O)CNC2(c3cc(CC(C)C)no3)CC2)C1. The zero-order chi connectivity index (χ0) is 35.3. The van der Waals surface area contributed by atoms with Crippen molar-refractivity contribution in [3.8, 4) is 0 Å². The van der Waals surface area contributed by atoms with Crippen molar-refractivity contribution in [2.24, 2.45) is 23.0 Å². The Balaban J connectivity index is 1.55. The van der Waals surface area contributed by atoms with Gasteiger partial charge >= 0.3 is 0 Å². The van der Waals surface area contributed by atoms with Crippen molar-refractivity contribution in [2.75, 3.05) is 19.6 Å². The van der Waals surface area contributed by atoms with Gasteiger partial charge in [-0.25, -0.2) is 13.8 Å². The Morgan fingerprint density at radius 3 is 2.35 bits per heavy atom. The summed E-state index contributed by atoms with van der Waals surface area (Å²) in [6, 6.07) is 5.04. The number of nitrogens with two attached hydrogens (primary N) is 1. The van der Waals surface area contributed by atoms with Gasteiger partial charge in [-0.05, 0) is 74.6 Å². The number of benzene rings is 1. The number of aliphatic hydroxyl groups excluding tert-OH is 1. The zero-order valence-electron chi connectivity index (χ0n) is 28.7. The average Bonchev–Trinajstić information content (AvgIpc) is 3.39. The van der Waals surface area contributed by atoms with Gasteiger partial charge in [0.25, 0.3) is 0 Å². The third kappa shape index (κ3) is 8.18. The van der Waals surface area contributed by atoms with Crippen molar-refractivity contribution in [2.45, 2.75) is 84.3 Å². The van der Waals surface area contributed by atoms with Crippen LogP contribution in [0.3, 0.4) is 0 Å². The smallest absolute Gasteiger partial charge is 0.249 e. The maximum Gasteiger partial charge on any atom is 0.249 e. The van der Waals surface area contributed by atoms with Crippen LogP contribution in [0.25, 0.3) is 5.57 Å². The first kappa shape index (κ1) is 36.1. The number of hydrogen-bond donors (Lipinski definition) is 3. The Morgan fingerprint density at radius 2 is 1.78 bits per heavy atom. The summed E-state index contributed by atoms with van der Waals surface area (Å²) < 4.78 is 40.3. The second-order valence-corrected chi connectivity index (χ2v) is 13.9. The minimum atomic E-state index is -1.68. The molecular weight excluding hydrogens is 632 g/mol. The summed E-state index contributed by atoms with van der Waals surface area (Å²) in [5.41, 5.74) is 5.75. The van der Waals surface area contributed by atoms with E-state index in [1.165, 1.54) is 24.6 Å². The molecule has 1 fully saturated rings. The molecule has 0 aliphatic heterocycles. The highest BCUT2D eigenvalue weighted by Crippen LogP contribution is 2.48. The molecule has 1 saturated carbocycles. The van der Waals surface area contributed by atoms with Gasteiger partial charge in [-0.1, -0.05) is 38.9 Å². The predicted octanol–water partition coefficient (Wildman–Crippen LogP) is 5.47. The van der Waals surface area contributed by atoms with E-state index in [1.54, 1.807) is 17.1 Å². The summed E-state index contributed by atoms with van der Waals surface area (Å²) in [5.74, 6) is -2.47. The molecule has 3 atom stereocenters. The van der Waals surface area contributed by atoms with Crippen molar-refractivity contribution >= 4 is 17.4 Å². The van der Waals surface area contributed by atoms with E-state index in [4.69, 9.17) is 14.7 Å². The normalized spacial score (nSPS) is 19.7. The van der Waals surface area contributed by atoms with Crippen molar-refractivity contribution < 1.29 is 32.4 Å². The number of nitrogens with zero attached hydrogens (tertiary/aromatic N) is 3. The number of amides is 2. The van der Waals surface area contributed by atoms with E-state index in [0.29, 0.717) is 35.9 Å². The number of rotatable bonds is 17.